The number of fused-ring (bicyclic) bond motifs is 1. The number of carbonyl (C=O) groups excluding carboxylic acids is 1. The van der Waals surface area contributed by atoms with Gasteiger partial charge in [-0.15, -0.1) is 0 Å². The number of benzene rings is 2. The Labute approximate surface area is 200 Å². The number of pyridine rings is 1. The first-order valence-corrected chi connectivity index (χ1v) is 11.8. The van der Waals surface area contributed by atoms with Crippen molar-refractivity contribution < 1.29 is 14.3 Å². The zero-order valence-electron chi connectivity index (χ0n) is 20.0. The number of aryl methyl sites for hydroxylation is 1. The van der Waals surface area contributed by atoms with Crippen LogP contribution in [0.5, 0.6) is 11.6 Å². The van der Waals surface area contributed by atoms with Gasteiger partial charge in [-0.2, -0.15) is 0 Å². The van der Waals surface area contributed by atoms with E-state index < -0.39 is 0 Å². The average Bonchev–Trinajstić information content (AvgIpc) is 3.62. The number of hydrogen-bond acceptors (Lipinski definition) is 5. The average molecular weight is 458 g/mol. The van der Waals surface area contributed by atoms with Gasteiger partial charge in [-0.1, -0.05) is 24.8 Å². The van der Waals surface area contributed by atoms with E-state index >= 15 is 0 Å². The number of likely N-dealkylation sites (tertiary alicyclic amines) is 1. The second-order valence-corrected chi connectivity index (χ2v) is 9.39. The minimum atomic E-state index is -0.380. The highest BCUT2D eigenvalue weighted by atomic mass is 16.5. The Balaban J connectivity index is 1.39. The molecule has 6 heteroatoms. The van der Waals surface area contributed by atoms with Crippen molar-refractivity contribution in [3.63, 3.8) is 0 Å². The minimum absolute atomic E-state index is 0.0881. The van der Waals surface area contributed by atoms with E-state index in [1.807, 2.05) is 55.5 Å². The first-order chi connectivity index (χ1) is 16.4. The predicted molar refractivity (Wildman–Crippen MR) is 134 cm³/mol. The van der Waals surface area contributed by atoms with E-state index in [1.54, 1.807) is 7.11 Å². The summed E-state index contributed by atoms with van der Waals surface area (Å²) >= 11 is 0. The Hall–Kier alpha value is -3.38. The number of nitrogens with one attached hydrogen (secondary N) is 1. The third kappa shape index (κ3) is 4.03. The first kappa shape index (κ1) is 22.4. The van der Waals surface area contributed by atoms with Gasteiger partial charge in [0.25, 0.3) is 5.91 Å². The van der Waals surface area contributed by atoms with Crippen LogP contribution in [0.15, 0.2) is 61.2 Å². The van der Waals surface area contributed by atoms with Gasteiger partial charge in [0.15, 0.2) is 0 Å². The maximum absolute atomic E-state index is 13.5. The molecule has 1 amide bonds. The van der Waals surface area contributed by atoms with Crippen LogP contribution in [-0.2, 0) is 5.54 Å². The fraction of sp³-hybridized carbons (Fsp3) is 0.357. The molecule has 1 aromatic heterocycles. The van der Waals surface area contributed by atoms with Crippen molar-refractivity contribution in [2.24, 2.45) is 0 Å². The van der Waals surface area contributed by atoms with Crippen LogP contribution in [0.1, 0.15) is 40.7 Å². The molecule has 1 N–H and O–H groups in total. The maximum Gasteiger partial charge on any atom is 0.252 e. The quantitative estimate of drug-likeness (QED) is 0.501. The lowest BCUT2D eigenvalue weighted by Crippen LogP contribution is -2.52. The zero-order chi connectivity index (χ0) is 23.9. The molecule has 1 aliphatic carbocycles. The molecular weight excluding hydrogens is 426 g/mol. The molecular formula is C28H31N3O3. The fourth-order valence-electron chi connectivity index (χ4n) is 4.85. The van der Waals surface area contributed by atoms with Crippen LogP contribution in [0.25, 0.3) is 10.9 Å². The Kier molecular flexibility index (Phi) is 5.78. The number of hydrogen-bond donors (Lipinski definition) is 1. The Bertz CT molecular complexity index is 1250. The summed E-state index contributed by atoms with van der Waals surface area (Å²) in [5, 5.41) is 4.36. The van der Waals surface area contributed by atoms with E-state index in [0.717, 1.165) is 47.8 Å². The van der Waals surface area contributed by atoms with E-state index in [0.29, 0.717) is 23.2 Å². The van der Waals surface area contributed by atoms with E-state index in [1.165, 1.54) is 0 Å². The lowest BCUT2D eigenvalue weighted by molar-refractivity contribution is 0.0410. The topological polar surface area (TPSA) is 63.7 Å². The summed E-state index contributed by atoms with van der Waals surface area (Å²) < 4.78 is 11.5. The number of aromatic nitrogens is 1. The molecule has 2 heterocycles. The minimum Gasteiger partial charge on any atom is -0.485 e. The van der Waals surface area contributed by atoms with Crippen molar-refractivity contribution >= 4 is 16.8 Å². The summed E-state index contributed by atoms with van der Waals surface area (Å²) in [6, 6.07) is 16.0. The first-order valence-electron chi connectivity index (χ1n) is 11.8. The van der Waals surface area contributed by atoms with Crippen molar-refractivity contribution in [1.29, 1.82) is 0 Å². The highest BCUT2D eigenvalue weighted by molar-refractivity contribution is 5.97. The van der Waals surface area contributed by atoms with Crippen LogP contribution in [-0.4, -0.2) is 48.6 Å². The number of rotatable bonds is 8. The molecule has 0 radical (unpaired) electrons. The highest BCUT2D eigenvalue weighted by Crippen LogP contribution is 2.48. The van der Waals surface area contributed by atoms with Gasteiger partial charge in [0.2, 0.25) is 5.88 Å². The lowest BCUT2D eigenvalue weighted by Gasteiger charge is -2.41. The Morgan fingerprint density at radius 3 is 2.74 bits per heavy atom. The third-order valence-corrected chi connectivity index (χ3v) is 7.21. The summed E-state index contributed by atoms with van der Waals surface area (Å²) in [4.78, 5) is 20.3. The molecule has 2 aromatic carbocycles. The summed E-state index contributed by atoms with van der Waals surface area (Å²) in [5.41, 5.74) is 3.13. The molecule has 1 saturated heterocycles. The van der Waals surface area contributed by atoms with Gasteiger partial charge in [-0.25, -0.2) is 4.98 Å². The van der Waals surface area contributed by atoms with Gasteiger partial charge in [-0.3, -0.25) is 9.69 Å². The van der Waals surface area contributed by atoms with Crippen molar-refractivity contribution in [3.8, 4) is 11.6 Å². The molecule has 1 aliphatic heterocycles. The lowest BCUT2D eigenvalue weighted by atomic mass is 9.97. The molecule has 2 aliphatic rings. The van der Waals surface area contributed by atoms with Crippen LogP contribution in [0.3, 0.4) is 0 Å². The number of likely N-dealkylation sites (N-methyl/N-ethyl adjacent to an activating group) is 1. The predicted octanol–water partition coefficient (Wildman–Crippen LogP) is 4.61. The Morgan fingerprint density at radius 2 is 2.09 bits per heavy atom. The van der Waals surface area contributed by atoms with Crippen LogP contribution in [0, 0.1) is 6.92 Å². The fourth-order valence-corrected chi connectivity index (χ4v) is 4.85. The molecule has 5 rings (SSSR count). The molecule has 176 valence electrons. The summed E-state index contributed by atoms with van der Waals surface area (Å²) in [5.74, 6) is 1.18. The van der Waals surface area contributed by atoms with Crippen LogP contribution in [0.4, 0.5) is 0 Å². The molecule has 1 unspecified atom stereocenters. The van der Waals surface area contributed by atoms with Gasteiger partial charge in [-0.05, 0) is 81.2 Å². The van der Waals surface area contributed by atoms with Crippen molar-refractivity contribution in [3.05, 3.63) is 77.9 Å². The van der Waals surface area contributed by atoms with Gasteiger partial charge in [0.05, 0.1) is 24.2 Å². The van der Waals surface area contributed by atoms with Crippen molar-refractivity contribution in [2.75, 3.05) is 20.7 Å². The van der Waals surface area contributed by atoms with Gasteiger partial charge >= 0.3 is 0 Å². The maximum atomic E-state index is 13.5. The second-order valence-electron chi connectivity index (χ2n) is 9.39. The van der Waals surface area contributed by atoms with E-state index in [4.69, 9.17) is 9.47 Å². The van der Waals surface area contributed by atoms with Gasteiger partial charge in [0.1, 0.15) is 11.9 Å². The van der Waals surface area contributed by atoms with Crippen LogP contribution in [0.2, 0.25) is 0 Å². The van der Waals surface area contributed by atoms with Crippen molar-refractivity contribution in [1.82, 2.24) is 15.2 Å². The normalized spacial score (nSPS) is 19.7. The van der Waals surface area contributed by atoms with E-state index in [2.05, 4.69) is 34.9 Å². The summed E-state index contributed by atoms with van der Waals surface area (Å²) in [6.07, 6.45) is 4.62. The molecule has 6 nitrogen and oxygen atoms in total. The number of carbonyl (C=O) groups is 1. The molecule has 34 heavy (non-hydrogen) atoms. The molecule has 0 bridgehead atoms. The number of methoxy groups -OCH3 is 1. The second kappa shape index (κ2) is 8.76. The largest absolute Gasteiger partial charge is 0.485 e. The molecule has 2 fully saturated rings. The molecule has 3 aromatic rings. The van der Waals surface area contributed by atoms with Crippen molar-refractivity contribution in [2.45, 2.75) is 43.9 Å². The smallest absolute Gasteiger partial charge is 0.252 e. The monoisotopic (exact) mass is 457 g/mol. The SMILES string of the molecule is C=CC(Oc1ccc(C)c(C(=O)NC2(c3cccc4nc(OC)ccc34)CC2)c1)[C@@H]1CCN1C. The highest BCUT2D eigenvalue weighted by Gasteiger charge is 2.47. The number of nitrogens with zero attached hydrogens (tertiary/aromatic N) is 2. The Morgan fingerprint density at radius 1 is 1.26 bits per heavy atom. The third-order valence-electron chi connectivity index (χ3n) is 7.21. The van der Waals surface area contributed by atoms with Gasteiger partial charge < -0.3 is 14.8 Å². The molecule has 1 saturated carbocycles. The number of ether oxygens (including phenoxy) is 2. The number of amides is 1. The molecule has 0 spiro atoms. The van der Waals surface area contributed by atoms with E-state index in [-0.39, 0.29) is 17.6 Å². The molecule has 2 atom stereocenters. The van der Waals surface area contributed by atoms with Crippen LogP contribution >= 0.6 is 0 Å². The summed E-state index contributed by atoms with van der Waals surface area (Å²) in [7, 11) is 3.71. The van der Waals surface area contributed by atoms with E-state index in [9.17, 15) is 4.79 Å². The van der Waals surface area contributed by atoms with Gasteiger partial charge in [0, 0.05) is 17.0 Å². The standard InChI is InChI=1S/C28H31N3O3/c1-5-25(24-13-16-31(24)3)34-19-10-9-18(2)21(17-19)27(32)30-28(14-15-28)22-7-6-8-23-20(22)11-12-26(29-23)33-4/h5-12,17,24-25H,1,13-16H2,2-4H3,(H,30,32)/t24-,25?/m0/s1. The van der Waals surface area contributed by atoms with Crippen LogP contribution < -0.4 is 14.8 Å². The zero-order valence-corrected chi connectivity index (χ0v) is 20.0. The summed E-state index contributed by atoms with van der Waals surface area (Å²) in [6.45, 7) is 6.98.